The van der Waals surface area contributed by atoms with E-state index >= 15 is 0 Å². The van der Waals surface area contributed by atoms with Crippen LogP contribution in [0.15, 0.2) is 48.5 Å². The van der Waals surface area contributed by atoms with Crippen molar-refractivity contribution in [2.75, 3.05) is 0 Å². The van der Waals surface area contributed by atoms with E-state index in [4.69, 9.17) is 0 Å². The van der Waals surface area contributed by atoms with Crippen molar-refractivity contribution in [3.63, 3.8) is 0 Å². The summed E-state index contributed by atoms with van der Waals surface area (Å²) in [5.41, 5.74) is 1.53. The second kappa shape index (κ2) is 6.78. The molecule has 0 aliphatic rings. The molecule has 140 valence electrons. The van der Waals surface area contributed by atoms with Gasteiger partial charge in [-0.2, -0.15) is 27.1 Å². The van der Waals surface area contributed by atoms with Gasteiger partial charge in [0.1, 0.15) is 12.0 Å². The highest BCUT2D eigenvalue weighted by Crippen LogP contribution is 2.37. The van der Waals surface area contributed by atoms with Gasteiger partial charge < -0.3 is 4.74 Å². The fraction of sp³-hybridized carbons (Fsp3) is 0.118. The van der Waals surface area contributed by atoms with E-state index in [1.807, 2.05) is 0 Å². The summed E-state index contributed by atoms with van der Waals surface area (Å²) in [6.07, 6.45) is -10.4. The highest BCUT2D eigenvalue weighted by molar-refractivity contribution is 5.76. The van der Waals surface area contributed by atoms with Crippen molar-refractivity contribution in [3.05, 3.63) is 54.1 Å². The molecule has 0 amide bonds. The van der Waals surface area contributed by atoms with Crippen LogP contribution in [0.1, 0.15) is 10.4 Å². The molecule has 0 aliphatic carbocycles. The molecule has 3 rings (SSSR count). The number of H-pyrrole nitrogens is 1. The number of aldehydes is 1. The lowest BCUT2D eigenvalue weighted by molar-refractivity contribution is -0.360. The molecule has 0 saturated carbocycles. The van der Waals surface area contributed by atoms with Crippen LogP contribution in [0.4, 0.5) is 22.0 Å². The van der Waals surface area contributed by atoms with E-state index in [1.165, 1.54) is 12.1 Å². The molecule has 0 fully saturated rings. The largest absolute Gasteiger partial charge is 0.499 e. The van der Waals surface area contributed by atoms with Crippen molar-refractivity contribution >= 4 is 6.29 Å². The number of benzene rings is 2. The second-order valence-electron chi connectivity index (χ2n) is 5.39. The van der Waals surface area contributed by atoms with E-state index < -0.39 is 18.0 Å². The lowest BCUT2D eigenvalue weighted by Crippen LogP contribution is -2.41. The first-order chi connectivity index (χ1) is 12.7. The average Bonchev–Trinajstić information content (AvgIpc) is 3.11. The van der Waals surface area contributed by atoms with Crippen molar-refractivity contribution in [2.24, 2.45) is 0 Å². The van der Waals surface area contributed by atoms with Crippen LogP contribution in [0.25, 0.3) is 22.8 Å². The van der Waals surface area contributed by atoms with Crippen molar-refractivity contribution in [2.45, 2.75) is 12.3 Å². The Morgan fingerprint density at radius 1 is 0.889 bits per heavy atom. The fourth-order valence-electron chi connectivity index (χ4n) is 2.12. The van der Waals surface area contributed by atoms with Crippen LogP contribution in [0.2, 0.25) is 0 Å². The molecular weight excluding hydrogens is 373 g/mol. The van der Waals surface area contributed by atoms with Crippen LogP contribution < -0.4 is 4.74 Å². The van der Waals surface area contributed by atoms with Gasteiger partial charge >= 0.3 is 12.3 Å². The van der Waals surface area contributed by atoms with Gasteiger partial charge in [0.25, 0.3) is 0 Å². The number of aromatic amines is 1. The van der Waals surface area contributed by atoms with Crippen LogP contribution in [0, 0.1) is 0 Å². The zero-order valence-electron chi connectivity index (χ0n) is 13.3. The first-order valence-electron chi connectivity index (χ1n) is 7.41. The number of hydrogen-bond acceptors (Lipinski definition) is 4. The van der Waals surface area contributed by atoms with E-state index in [0.717, 1.165) is 12.1 Å². The van der Waals surface area contributed by atoms with Crippen molar-refractivity contribution in [1.82, 2.24) is 15.2 Å². The second-order valence-corrected chi connectivity index (χ2v) is 5.39. The lowest BCUT2D eigenvalue weighted by Gasteiger charge is -2.20. The summed E-state index contributed by atoms with van der Waals surface area (Å²) >= 11 is 0. The zero-order valence-corrected chi connectivity index (χ0v) is 13.3. The molecule has 0 atom stereocenters. The standard InChI is InChI=1S/C17H10F5N3O2/c18-16(19,20)17(21,22)27-13-7-5-12(6-8-13)15-23-14(24-25-15)11-3-1-10(9-26)2-4-11/h1-9H,(H,23,24,25). The molecule has 0 unspecified atom stereocenters. The Kier molecular flexibility index (Phi) is 4.64. The summed E-state index contributed by atoms with van der Waals surface area (Å²) < 4.78 is 66.0. The van der Waals surface area contributed by atoms with Gasteiger partial charge in [0, 0.05) is 16.7 Å². The van der Waals surface area contributed by atoms with Gasteiger partial charge in [-0.3, -0.25) is 9.89 Å². The predicted molar refractivity (Wildman–Crippen MR) is 84.3 cm³/mol. The van der Waals surface area contributed by atoms with Crippen LogP contribution in [0.5, 0.6) is 5.75 Å². The SMILES string of the molecule is O=Cc1ccc(-c2nc(-c3ccc(OC(F)(F)C(F)(F)F)cc3)n[nH]2)cc1. The number of nitrogens with one attached hydrogen (secondary N) is 1. The number of halogens is 5. The Hall–Kier alpha value is -3.30. The molecule has 10 heteroatoms. The van der Waals surface area contributed by atoms with Gasteiger partial charge in [0.2, 0.25) is 0 Å². The van der Waals surface area contributed by atoms with E-state index in [-0.39, 0.29) is 5.82 Å². The van der Waals surface area contributed by atoms with Gasteiger partial charge in [-0.25, -0.2) is 4.98 Å². The van der Waals surface area contributed by atoms with Gasteiger partial charge in [-0.05, 0) is 24.3 Å². The van der Waals surface area contributed by atoms with Crippen molar-refractivity contribution in [3.8, 4) is 28.5 Å². The van der Waals surface area contributed by atoms with E-state index in [1.54, 1.807) is 24.3 Å². The van der Waals surface area contributed by atoms with Crippen LogP contribution in [-0.2, 0) is 0 Å². The molecule has 0 bridgehead atoms. The van der Waals surface area contributed by atoms with E-state index in [0.29, 0.717) is 28.8 Å². The number of carbonyl (C=O) groups excluding carboxylic acids is 1. The third-order valence-electron chi connectivity index (χ3n) is 3.49. The lowest BCUT2D eigenvalue weighted by atomic mass is 10.1. The zero-order chi connectivity index (χ0) is 19.7. The Morgan fingerprint density at radius 2 is 1.48 bits per heavy atom. The normalized spacial score (nSPS) is 12.0. The molecule has 1 heterocycles. The monoisotopic (exact) mass is 383 g/mol. The number of carbonyl (C=O) groups is 1. The minimum absolute atomic E-state index is 0.207. The smallest absolute Gasteiger partial charge is 0.426 e. The minimum atomic E-state index is -5.82. The maximum absolute atomic E-state index is 12.9. The van der Waals surface area contributed by atoms with Crippen molar-refractivity contribution < 1.29 is 31.5 Å². The Labute approximate surface area is 148 Å². The molecule has 1 N–H and O–H groups in total. The van der Waals surface area contributed by atoms with E-state index in [9.17, 15) is 26.7 Å². The van der Waals surface area contributed by atoms with Gasteiger partial charge in [-0.15, -0.1) is 0 Å². The summed E-state index contributed by atoms with van der Waals surface area (Å²) in [7, 11) is 0. The fourth-order valence-corrected chi connectivity index (χ4v) is 2.12. The molecule has 0 spiro atoms. The molecule has 27 heavy (non-hydrogen) atoms. The molecule has 0 aliphatic heterocycles. The Bertz CT molecular complexity index is 934. The van der Waals surface area contributed by atoms with Crippen LogP contribution >= 0.6 is 0 Å². The van der Waals surface area contributed by atoms with Crippen LogP contribution in [0.3, 0.4) is 0 Å². The van der Waals surface area contributed by atoms with Gasteiger partial charge in [0.15, 0.2) is 11.6 Å². The van der Waals surface area contributed by atoms with Gasteiger partial charge in [-0.1, -0.05) is 24.3 Å². The van der Waals surface area contributed by atoms with Gasteiger partial charge in [0.05, 0.1) is 0 Å². The number of rotatable bonds is 5. The highest BCUT2D eigenvalue weighted by Gasteiger charge is 2.61. The maximum Gasteiger partial charge on any atom is 0.499 e. The first-order valence-corrected chi connectivity index (χ1v) is 7.41. The summed E-state index contributed by atoms with van der Waals surface area (Å²) in [6.45, 7) is 0. The quantitative estimate of drug-likeness (QED) is 0.521. The molecule has 0 radical (unpaired) electrons. The van der Waals surface area contributed by atoms with Crippen molar-refractivity contribution in [1.29, 1.82) is 0 Å². The highest BCUT2D eigenvalue weighted by atomic mass is 19.4. The Balaban J connectivity index is 1.78. The van der Waals surface area contributed by atoms with Crippen LogP contribution in [-0.4, -0.2) is 33.8 Å². The maximum atomic E-state index is 12.9. The van der Waals surface area contributed by atoms with E-state index in [2.05, 4.69) is 19.9 Å². The third kappa shape index (κ3) is 3.94. The molecule has 2 aromatic carbocycles. The summed E-state index contributed by atoms with van der Waals surface area (Å²) in [5, 5.41) is 6.66. The summed E-state index contributed by atoms with van der Waals surface area (Å²) in [6, 6.07) is 10.9. The third-order valence-corrected chi connectivity index (χ3v) is 3.49. The number of ether oxygens (including phenoxy) is 1. The minimum Gasteiger partial charge on any atom is -0.426 e. The number of aromatic nitrogens is 3. The topological polar surface area (TPSA) is 67.9 Å². The number of alkyl halides is 5. The molecular formula is C17H10F5N3O2. The summed E-state index contributed by atoms with van der Waals surface area (Å²) in [5.74, 6) is -0.0498. The molecule has 1 aromatic heterocycles. The molecule has 5 nitrogen and oxygen atoms in total. The average molecular weight is 383 g/mol. The Morgan fingerprint density at radius 3 is 2.04 bits per heavy atom. The molecule has 3 aromatic rings. The summed E-state index contributed by atoms with van der Waals surface area (Å²) in [4.78, 5) is 14.9. The number of hydrogen-bond donors (Lipinski definition) is 1. The first kappa shape index (κ1) is 18.5. The predicted octanol–water partition coefficient (Wildman–Crippen LogP) is 4.49. The number of nitrogens with zero attached hydrogens (tertiary/aromatic N) is 2. The molecule has 0 saturated heterocycles.